The van der Waals surface area contributed by atoms with E-state index in [-0.39, 0.29) is 39.1 Å². The molecule has 0 spiro atoms. The molecule has 0 radical (unpaired) electrons. The van der Waals surface area contributed by atoms with Crippen LogP contribution >= 0.6 is 34.8 Å². The maximum Gasteiger partial charge on any atom is 0.264 e. The highest BCUT2D eigenvalue weighted by Crippen LogP contribution is 2.30. The van der Waals surface area contributed by atoms with Crippen molar-refractivity contribution in [2.75, 3.05) is 10.8 Å². The summed E-state index contributed by atoms with van der Waals surface area (Å²) in [5, 5.41) is 3.68. The molecule has 1 N–H and O–H groups in total. The smallest absolute Gasteiger partial charge is 0.264 e. The summed E-state index contributed by atoms with van der Waals surface area (Å²) in [4.78, 5) is 28.5. The zero-order chi connectivity index (χ0) is 28.7. The first-order valence-corrected chi connectivity index (χ1v) is 14.9. The van der Waals surface area contributed by atoms with Crippen molar-refractivity contribution < 1.29 is 18.0 Å². The molecule has 3 rings (SSSR count). The molecule has 7 nitrogen and oxygen atoms in total. The van der Waals surface area contributed by atoms with Gasteiger partial charge >= 0.3 is 0 Å². The van der Waals surface area contributed by atoms with E-state index in [4.69, 9.17) is 34.8 Å². The van der Waals surface area contributed by atoms with Gasteiger partial charge in [-0.25, -0.2) is 8.42 Å². The van der Waals surface area contributed by atoms with Crippen LogP contribution in [0.25, 0.3) is 0 Å². The van der Waals surface area contributed by atoms with E-state index in [0.29, 0.717) is 17.0 Å². The number of halogens is 3. The molecule has 3 aromatic carbocycles. The van der Waals surface area contributed by atoms with E-state index in [2.05, 4.69) is 5.32 Å². The van der Waals surface area contributed by atoms with Gasteiger partial charge < -0.3 is 10.2 Å². The number of carbonyl (C=O) groups excluding carboxylic acids is 2. The Hall–Kier alpha value is -2.78. The van der Waals surface area contributed by atoms with Crippen molar-refractivity contribution >= 4 is 62.3 Å². The second-order valence-corrected chi connectivity index (χ2v) is 12.3. The van der Waals surface area contributed by atoms with Crippen LogP contribution in [0.1, 0.15) is 32.8 Å². The van der Waals surface area contributed by atoms with E-state index in [1.165, 1.54) is 35.2 Å². The first-order chi connectivity index (χ1) is 18.4. The van der Waals surface area contributed by atoms with E-state index in [9.17, 15) is 18.0 Å². The van der Waals surface area contributed by atoms with Gasteiger partial charge in [-0.15, -0.1) is 0 Å². The molecule has 0 aromatic heterocycles. The predicted octanol–water partition coefficient (Wildman–Crippen LogP) is 6.17. The van der Waals surface area contributed by atoms with Crippen LogP contribution in [0.2, 0.25) is 15.1 Å². The number of carbonyl (C=O) groups is 2. The minimum Gasteiger partial charge on any atom is -0.352 e. The third-order valence-electron chi connectivity index (χ3n) is 5.86. The molecule has 208 valence electrons. The lowest BCUT2D eigenvalue weighted by molar-refractivity contribution is -0.140. The van der Waals surface area contributed by atoms with Gasteiger partial charge in [-0.3, -0.25) is 13.9 Å². The van der Waals surface area contributed by atoms with Gasteiger partial charge in [0.25, 0.3) is 10.0 Å². The number of rotatable bonds is 11. The van der Waals surface area contributed by atoms with Crippen LogP contribution in [-0.2, 0) is 26.2 Å². The van der Waals surface area contributed by atoms with E-state index in [0.717, 1.165) is 4.31 Å². The van der Waals surface area contributed by atoms with Crippen molar-refractivity contribution in [1.82, 2.24) is 10.2 Å². The molecule has 1 unspecified atom stereocenters. The average molecular weight is 611 g/mol. The van der Waals surface area contributed by atoms with Crippen LogP contribution in [0.15, 0.2) is 77.7 Å². The minimum absolute atomic E-state index is 0.00193. The van der Waals surface area contributed by atoms with Gasteiger partial charge in [0.2, 0.25) is 11.8 Å². The number of amides is 2. The summed E-state index contributed by atoms with van der Waals surface area (Å²) in [7, 11) is -4.23. The normalized spacial score (nSPS) is 12.2. The van der Waals surface area contributed by atoms with Crippen molar-refractivity contribution in [1.29, 1.82) is 0 Å². The zero-order valence-electron chi connectivity index (χ0n) is 21.8. The molecule has 0 aliphatic carbocycles. The van der Waals surface area contributed by atoms with Gasteiger partial charge in [-0.1, -0.05) is 78.1 Å². The molecule has 11 heteroatoms. The molecule has 0 aliphatic rings. The zero-order valence-corrected chi connectivity index (χ0v) is 24.9. The number of benzene rings is 3. The summed E-state index contributed by atoms with van der Waals surface area (Å²) < 4.78 is 28.6. The van der Waals surface area contributed by atoms with Gasteiger partial charge in [0.15, 0.2) is 0 Å². The van der Waals surface area contributed by atoms with Gasteiger partial charge in [0.05, 0.1) is 10.6 Å². The molecule has 0 heterocycles. The van der Waals surface area contributed by atoms with Crippen molar-refractivity contribution in [2.45, 2.75) is 50.7 Å². The predicted molar refractivity (Wildman–Crippen MR) is 157 cm³/mol. The molecule has 1 atom stereocenters. The second-order valence-electron chi connectivity index (χ2n) is 9.15. The lowest BCUT2D eigenvalue weighted by Gasteiger charge is -2.33. The maximum atomic E-state index is 14.0. The van der Waals surface area contributed by atoms with Crippen LogP contribution in [0.4, 0.5) is 5.69 Å². The monoisotopic (exact) mass is 609 g/mol. The molecule has 3 aromatic rings. The quantitative estimate of drug-likeness (QED) is 0.281. The van der Waals surface area contributed by atoms with Gasteiger partial charge in [-0.05, 0) is 62.2 Å². The number of nitrogens with zero attached hydrogens (tertiary/aromatic N) is 2. The molecular formula is C28H30Cl3N3O4S. The Morgan fingerprint density at radius 2 is 1.49 bits per heavy atom. The first kappa shape index (κ1) is 30.8. The Bertz CT molecular complexity index is 1400. The van der Waals surface area contributed by atoms with Crippen molar-refractivity contribution in [2.24, 2.45) is 0 Å². The summed E-state index contributed by atoms with van der Waals surface area (Å²) in [6.07, 6.45) is 0.295. The molecule has 39 heavy (non-hydrogen) atoms. The fourth-order valence-corrected chi connectivity index (χ4v) is 6.17. The molecule has 0 bridgehead atoms. The Morgan fingerprint density at radius 1 is 0.897 bits per heavy atom. The topological polar surface area (TPSA) is 86.8 Å². The van der Waals surface area contributed by atoms with Crippen molar-refractivity contribution in [3.8, 4) is 0 Å². The summed E-state index contributed by atoms with van der Waals surface area (Å²) in [6, 6.07) is 18.0. The average Bonchev–Trinajstić information content (AvgIpc) is 2.87. The fourth-order valence-electron chi connectivity index (χ4n) is 4.04. The minimum atomic E-state index is -4.23. The third-order valence-corrected chi connectivity index (χ3v) is 8.45. The van der Waals surface area contributed by atoms with Gasteiger partial charge in [-0.2, -0.15) is 0 Å². The van der Waals surface area contributed by atoms with Crippen LogP contribution in [0.3, 0.4) is 0 Å². The summed E-state index contributed by atoms with van der Waals surface area (Å²) in [5.74, 6) is -0.951. The molecule has 0 aliphatic heterocycles. The molecule has 2 amide bonds. The first-order valence-electron chi connectivity index (χ1n) is 12.3. The Balaban J connectivity index is 2.10. The van der Waals surface area contributed by atoms with Crippen molar-refractivity contribution in [3.63, 3.8) is 0 Å². The number of hydrogen-bond acceptors (Lipinski definition) is 4. The molecule has 0 saturated carbocycles. The summed E-state index contributed by atoms with van der Waals surface area (Å²) >= 11 is 18.8. The van der Waals surface area contributed by atoms with Crippen LogP contribution in [0, 0.1) is 0 Å². The van der Waals surface area contributed by atoms with Crippen molar-refractivity contribution in [3.05, 3.63) is 93.4 Å². The highest BCUT2D eigenvalue weighted by atomic mass is 35.5. The molecule has 0 saturated heterocycles. The Labute approximate surface area is 244 Å². The van der Waals surface area contributed by atoms with E-state index in [1.54, 1.807) is 49.4 Å². The van der Waals surface area contributed by atoms with E-state index in [1.807, 2.05) is 13.8 Å². The third kappa shape index (κ3) is 7.88. The molecular weight excluding hydrogens is 581 g/mol. The fraction of sp³-hybridized carbons (Fsp3) is 0.286. The van der Waals surface area contributed by atoms with Gasteiger partial charge in [0, 0.05) is 27.7 Å². The Kier molecular flexibility index (Phi) is 10.7. The standard InChI is InChI=1S/C28H30Cl3N3O4S/c1-4-26(28(36)32-19(2)3)33(17-20-10-8-9-13-25(20)31)27(35)18-34(23-15-21(29)14-22(30)16-23)39(37,38)24-11-6-5-7-12-24/h5-16,19,26H,4,17-18H2,1-3H3,(H,32,36). The number of hydrogen-bond donors (Lipinski definition) is 1. The number of anilines is 1. The Morgan fingerprint density at radius 3 is 2.05 bits per heavy atom. The van der Waals surface area contributed by atoms with Crippen LogP contribution in [-0.4, -0.2) is 43.8 Å². The highest BCUT2D eigenvalue weighted by molar-refractivity contribution is 7.92. The van der Waals surface area contributed by atoms with Crippen LogP contribution < -0.4 is 9.62 Å². The summed E-state index contributed by atoms with van der Waals surface area (Å²) in [5.41, 5.74) is 0.730. The molecule has 0 fully saturated rings. The number of sulfonamides is 1. The maximum absolute atomic E-state index is 14.0. The highest BCUT2D eigenvalue weighted by Gasteiger charge is 2.34. The lowest BCUT2D eigenvalue weighted by Crippen LogP contribution is -2.53. The van der Waals surface area contributed by atoms with Gasteiger partial charge in [0.1, 0.15) is 12.6 Å². The van der Waals surface area contributed by atoms with E-state index < -0.39 is 28.5 Å². The van der Waals surface area contributed by atoms with E-state index >= 15 is 0 Å². The lowest BCUT2D eigenvalue weighted by atomic mass is 10.1. The summed E-state index contributed by atoms with van der Waals surface area (Å²) in [6.45, 7) is 4.82. The number of nitrogens with one attached hydrogen (secondary N) is 1. The van der Waals surface area contributed by atoms with Crippen LogP contribution in [0.5, 0.6) is 0 Å². The SMILES string of the molecule is CCC(C(=O)NC(C)C)N(Cc1ccccc1Cl)C(=O)CN(c1cc(Cl)cc(Cl)c1)S(=O)(=O)c1ccccc1. The largest absolute Gasteiger partial charge is 0.352 e. The second kappa shape index (κ2) is 13.5.